The largest absolute Gasteiger partial charge is 0.547 e. The number of nitrogens with zero attached hydrogens (tertiary/aromatic N) is 1. The minimum Gasteiger partial charge on any atom is -0.534 e. The lowest BCUT2D eigenvalue weighted by Crippen LogP contribution is -2.55. The Morgan fingerprint density at radius 2 is 2.38 bits per heavy atom. The van der Waals surface area contributed by atoms with Gasteiger partial charge < -0.3 is 35.1 Å². The standard InChI is InChI=1S/C17H24BN3O5/c1-12-8-19-5-6-21(12)9-16(23)20-15-7-13-3-2-4-14(10-25-11-22)17(13)26-18(15)24/h2-4,15,19,22,24H,1,5-11H2,(H,20,23)/t15-/m0/s1. The van der Waals surface area contributed by atoms with E-state index in [1.807, 2.05) is 23.1 Å². The van der Waals surface area contributed by atoms with Crippen molar-refractivity contribution < 1.29 is 24.3 Å². The number of benzene rings is 1. The van der Waals surface area contributed by atoms with Gasteiger partial charge in [0.05, 0.1) is 19.1 Å². The lowest BCUT2D eigenvalue weighted by atomic mass is 9.72. The molecule has 3 rings (SSSR count). The molecule has 2 aliphatic heterocycles. The number of carbonyl (C=O) groups excluding carboxylic acids is 1. The molecule has 2 heterocycles. The van der Waals surface area contributed by atoms with Crippen LogP contribution >= 0.6 is 0 Å². The zero-order valence-corrected chi connectivity index (χ0v) is 14.6. The highest BCUT2D eigenvalue weighted by atomic mass is 16.6. The van der Waals surface area contributed by atoms with Gasteiger partial charge in [-0.05, 0) is 12.0 Å². The van der Waals surface area contributed by atoms with E-state index in [-0.39, 0.29) is 25.9 Å². The number of amides is 1. The molecule has 0 bridgehead atoms. The predicted molar refractivity (Wildman–Crippen MR) is 96.1 cm³/mol. The minimum atomic E-state index is -1.15. The van der Waals surface area contributed by atoms with Crippen LogP contribution in [0.25, 0.3) is 0 Å². The first-order chi connectivity index (χ1) is 12.6. The third-order valence-electron chi connectivity index (χ3n) is 4.57. The summed E-state index contributed by atoms with van der Waals surface area (Å²) in [4.78, 5) is 14.3. The van der Waals surface area contributed by atoms with E-state index in [9.17, 15) is 9.82 Å². The van der Waals surface area contributed by atoms with E-state index < -0.39 is 13.1 Å². The summed E-state index contributed by atoms with van der Waals surface area (Å²) in [5, 5.41) is 25.2. The molecule has 26 heavy (non-hydrogen) atoms. The van der Waals surface area contributed by atoms with E-state index in [1.54, 1.807) is 0 Å². The number of hydrogen-bond acceptors (Lipinski definition) is 7. The van der Waals surface area contributed by atoms with Crippen LogP contribution < -0.4 is 15.3 Å². The number of rotatable bonds is 6. The molecule has 4 N–H and O–H groups in total. The second-order valence-electron chi connectivity index (χ2n) is 6.43. The number of fused-ring (bicyclic) bond motifs is 1. The Bertz CT molecular complexity index is 672. The maximum absolute atomic E-state index is 12.4. The smallest absolute Gasteiger partial charge is 0.534 e. The molecule has 140 valence electrons. The van der Waals surface area contributed by atoms with Gasteiger partial charge in [-0.3, -0.25) is 4.79 Å². The van der Waals surface area contributed by atoms with Gasteiger partial charge in [0.1, 0.15) is 12.5 Å². The summed E-state index contributed by atoms with van der Waals surface area (Å²) in [6, 6.07) is 5.57. The van der Waals surface area contributed by atoms with Gasteiger partial charge in [0.15, 0.2) is 0 Å². The predicted octanol–water partition coefficient (Wildman–Crippen LogP) is -0.989. The number of para-hydroxylation sites is 1. The Hall–Kier alpha value is -2.07. The quantitative estimate of drug-likeness (QED) is 0.381. The molecular weight excluding hydrogens is 337 g/mol. The van der Waals surface area contributed by atoms with Crippen LogP contribution in [0.1, 0.15) is 11.1 Å². The summed E-state index contributed by atoms with van der Waals surface area (Å²) in [7, 11) is -1.15. The second kappa shape index (κ2) is 8.55. The van der Waals surface area contributed by atoms with Crippen LogP contribution in [0.5, 0.6) is 5.75 Å². The van der Waals surface area contributed by atoms with E-state index in [4.69, 9.17) is 14.5 Å². The van der Waals surface area contributed by atoms with Crippen molar-refractivity contribution in [2.75, 3.05) is 33.0 Å². The average Bonchev–Trinajstić information content (AvgIpc) is 2.62. The fraction of sp³-hybridized carbons (Fsp3) is 0.471. The minimum absolute atomic E-state index is 0.177. The number of aliphatic hydroxyl groups excluding tert-OH is 1. The Balaban J connectivity index is 1.62. The first-order valence-corrected chi connectivity index (χ1v) is 8.65. The Kier molecular flexibility index (Phi) is 6.15. The molecule has 0 aromatic heterocycles. The van der Waals surface area contributed by atoms with Gasteiger partial charge in [-0.1, -0.05) is 24.8 Å². The number of carbonyl (C=O) groups is 1. The molecule has 0 saturated carbocycles. The van der Waals surface area contributed by atoms with Crippen LogP contribution in [0.4, 0.5) is 0 Å². The molecule has 1 fully saturated rings. The van der Waals surface area contributed by atoms with Crippen LogP contribution in [0, 0.1) is 0 Å². The van der Waals surface area contributed by atoms with Gasteiger partial charge in [-0.2, -0.15) is 0 Å². The van der Waals surface area contributed by atoms with E-state index in [0.29, 0.717) is 18.7 Å². The zero-order chi connectivity index (χ0) is 18.5. The lowest BCUT2D eigenvalue weighted by Gasteiger charge is -2.33. The van der Waals surface area contributed by atoms with Crippen molar-refractivity contribution in [2.45, 2.75) is 19.0 Å². The molecule has 1 atom stereocenters. The van der Waals surface area contributed by atoms with Gasteiger partial charge in [-0.15, -0.1) is 0 Å². The highest BCUT2D eigenvalue weighted by Gasteiger charge is 2.37. The molecule has 8 nitrogen and oxygen atoms in total. The van der Waals surface area contributed by atoms with E-state index in [0.717, 1.165) is 29.9 Å². The number of hydrogen-bond donors (Lipinski definition) is 4. The van der Waals surface area contributed by atoms with Gasteiger partial charge in [-0.25, -0.2) is 0 Å². The highest BCUT2D eigenvalue weighted by molar-refractivity contribution is 6.46. The van der Waals surface area contributed by atoms with E-state index in [1.165, 1.54) is 0 Å². The van der Waals surface area contributed by atoms with E-state index in [2.05, 4.69) is 17.2 Å². The van der Waals surface area contributed by atoms with Crippen molar-refractivity contribution in [3.63, 3.8) is 0 Å². The first-order valence-electron chi connectivity index (χ1n) is 8.65. The van der Waals surface area contributed by atoms with Gasteiger partial charge in [0.25, 0.3) is 0 Å². The third kappa shape index (κ3) is 4.36. The molecule has 9 heteroatoms. The maximum Gasteiger partial charge on any atom is 0.547 e. The fourth-order valence-corrected chi connectivity index (χ4v) is 3.22. The number of piperazine rings is 1. The molecule has 0 unspecified atom stereocenters. The lowest BCUT2D eigenvalue weighted by molar-refractivity contribution is -0.122. The van der Waals surface area contributed by atoms with Crippen LogP contribution in [-0.4, -0.2) is 67.0 Å². The summed E-state index contributed by atoms with van der Waals surface area (Å²) >= 11 is 0. The normalized spacial score (nSPS) is 19.8. The molecule has 2 aliphatic rings. The highest BCUT2D eigenvalue weighted by Crippen LogP contribution is 2.30. The Labute approximate surface area is 152 Å². The molecule has 1 aromatic carbocycles. The first kappa shape index (κ1) is 18.7. The van der Waals surface area contributed by atoms with Crippen molar-refractivity contribution in [2.24, 2.45) is 0 Å². The van der Waals surface area contributed by atoms with Crippen LogP contribution in [0.15, 0.2) is 30.5 Å². The molecule has 1 aromatic rings. The molecule has 0 aliphatic carbocycles. The van der Waals surface area contributed by atoms with E-state index >= 15 is 0 Å². The van der Waals surface area contributed by atoms with Gasteiger partial charge in [0.2, 0.25) is 5.91 Å². The van der Waals surface area contributed by atoms with Crippen LogP contribution in [0.3, 0.4) is 0 Å². The van der Waals surface area contributed by atoms with Crippen molar-refractivity contribution in [1.29, 1.82) is 0 Å². The number of aliphatic hydroxyl groups is 1. The number of nitrogens with one attached hydrogen (secondary N) is 2. The Morgan fingerprint density at radius 1 is 1.54 bits per heavy atom. The summed E-state index contributed by atoms with van der Waals surface area (Å²) in [6.07, 6.45) is 0.456. The fourth-order valence-electron chi connectivity index (χ4n) is 3.22. The topological polar surface area (TPSA) is 103 Å². The summed E-state index contributed by atoms with van der Waals surface area (Å²) in [5.74, 6) is -0.154. The monoisotopic (exact) mass is 361 g/mol. The molecule has 1 amide bonds. The van der Waals surface area contributed by atoms with Crippen molar-refractivity contribution in [1.82, 2.24) is 15.5 Å². The molecule has 0 radical (unpaired) electrons. The van der Waals surface area contributed by atoms with Crippen LogP contribution in [-0.2, 0) is 22.6 Å². The van der Waals surface area contributed by atoms with Crippen molar-refractivity contribution >= 4 is 13.0 Å². The van der Waals surface area contributed by atoms with Crippen molar-refractivity contribution in [3.05, 3.63) is 41.6 Å². The van der Waals surface area contributed by atoms with Crippen LogP contribution in [0.2, 0.25) is 0 Å². The Morgan fingerprint density at radius 3 is 3.15 bits per heavy atom. The summed E-state index contributed by atoms with van der Waals surface area (Å²) in [6.45, 7) is 6.18. The second-order valence-corrected chi connectivity index (χ2v) is 6.43. The SMILES string of the molecule is C=C1CNCCN1CC(=O)N[C@H]1Cc2cccc(COCO)c2OB1O. The summed E-state index contributed by atoms with van der Waals surface area (Å²) < 4.78 is 10.6. The molecule has 0 spiro atoms. The third-order valence-corrected chi connectivity index (χ3v) is 4.57. The average molecular weight is 361 g/mol. The summed E-state index contributed by atoms with van der Waals surface area (Å²) in [5.41, 5.74) is 2.51. The molecule has 1 saturated heterocycles. The van der Waals surface area contributed by atoms with Gasteiger partial charge >= 0.3 is 7.12 Å². The maximum atomic E-state index is 12.4. The number of ether oxygens (including phenoxy) is 1. The zero-order valence-electron chi connectivity index (χ0n) is 14.6. The molecular formula is C17H24BN3O5. The van der Waals surface area contributed by atoms with Crippen molar-refractivity contribution in [3.8, 4) is 5.75 Å². The van der Waals surface area contributed by atoms with Gasteiger partial charge in [0, 0.05) is 30.9 Å².